The molecule has 96 valence electrons. The van der Waals surface area contributed by atoms with Gasteiger partial charge in [-0.1, -0.05) is 26.0 Å². The predicted molar refractivity (Wildman–Crippen MR) is 65.5 cm³/mol. The second-order valence-electron chi connectivity index (χ2n) is 4.62. The monoisotopic (exact) mass is 250 g/mol. The van der Waals surface area contributed by atoms with Crippen LogP contribution in [0.5, 0.6) is 0 Å². The van der Waals surface area contributed by atoms with Crippen molar-refractivity contribution in [3.63, 3.8) is 0 Å². The van der Waals surface area contributed by atoms with E-state index >= 15 is 0 Å². The Labute approximate surface area is 105 Å². The molecular weight excluding hydrogens is 235 g/mol. The lowest BCUT2D eigenvalue weighted by atomic mass is 9.98. The number of amides is 2. The van der Waals surface area contributed by atoms with E-state index in [1.54, 1.807) is 12.1 Å². The molecule has 0 bridgehead atoms. The third-order valence-electron chi connectivity index (χ3n) is 2.97. The number of benzene rings is 1. The summed E-state index contributed by atoms with van der Waals surface area (Å²) in [6, 6.07) is 5.34. The first-order valence-corrected chi connectivity index (χ1v) is 5.86. The van der Waals surface area contributed by atoms with Gasteiger partial charge in [0.05, 0.1) is 12.2 Å². The van der Waals surface area contributed by atoms with Crippen LogP contribution in [0.1, 0.15) is 13.8 Å². The summed E-state index contributed by atoms with van der Waals surface area (Å²) in [5, 5.41) is 2.53. The molecule has 0 spiro atoms. The maximum Gasteiger partial charge on any atom is 0.247 e. The Morgan fingerprint density at radius 1 is 1.33 bits per heavy atom. The minimum absolute atomic E-state index is 0.0869. The maximum absolute atomic E-state index is 13.8. The zero-order valence-corrected chi connectivity index (χ0v) is 10.3. The Hall–Kier alpha value is -1.91. The van der Waals surface area contributed by atoms with Crippen LogP contribution in [0.15, 0.2) is 24.3 Å². The highest BCUT2D eigenvalue weighted by molar-refractivity contribution is 6.06. The molecule has 0 aromatic heterocycles. The number of piperazine rings is 1. The molecule has 0 radical (unpaired) electrons. The van der Waals surface area contributed by atoms with E-state index in [1.165, 1.54) is 17.0 Å². The van der Waals surface area contributed by atoms with Gasteiger partial charge in [-0.05, 0) is 18.1 Å². The molecule has 1 N–H and O–H groups in total. The molecule has 1 aliphatic heterocycles. The molecule has 1 aliphatic rings. The molecular formula is C13H15FN2O2. The van der Waals surface area contributed by atoms with Crippen LogP contribution in [0.2, 0.25) is 0 Å². The zero-order chi connectivity index (χ0) is 13.3. The lowest BCUT2D eigenvalue weighted by Crippen LogP contribution is -2.60. The molecule has 4 nitrogen and oxygen atoms in total. The van der Waals surface area contributed by atoms with Gasteiger partial charge in [-0.3, -0.25) is 14.5 Å². The van der Waals surface area contributed by atoms with Crippen molar-refractivity contribution in [1.82, 2.24) is 5.32 Å². The Kier molecular flexibility index (Phi) is 3.32. The van der Waals surface area contributed by atoms with Crippen molar-refractivity contribution in [3.05, 3.63) is 30.1 Å². The fourth-order valence-corrected chi connectivity index (χ4v) is 2.16. The summed E-state index contributed by atoms with van der Waals surface area (Å²) >= 11 is 0. The van der Waals surface area contributed by atoms with Crippen LogP contribution in [0.25, 0.3) is 0 Å². The summed E-state index contributed by atoms with van der Waals surface area (Å²) in [5.74, 6) is -1.12. The fourth-order valence-electron chi connectivity index (χ4n) is 2.16. The van der Waals surface area contributed by atoms with Crippen molar-refractivity contribution in [2.75, 3.05) is 11.4 Å². The third-order valence-corrected chi connectivity index (χ3v) is 2.97. The number of carbonyl (C=O) groups is 2. The van der Waals surface area contributed by atoms with E-state index in [0.29, 0.717) is 0 Å². The highest BCUT2D eigenvalue weighted by Crippen LogP contribution is 2.26. The SMILES string of the molecule is CC(C)C1C(=O)NCC(=O)N1c1ccccc1F. The lowest BCUT2D eigenvalue weighted by molar-refractivity contribution is -0.131. The molecule has 5 heteroatoms. The van der Waals surface area contributed by atoms with Crippen LogP contribution in [0.4, 0.5) is 10.1 Å². The molecule has 0 aliphatic carbocycles. The molecule has 1 fully saturated rings. The average molecular weight is 250 g/mol. The molecule has 2 rings (SSSR count). The molecule has 0 saturated carbocycles. The van der Waals surface area contributed by atoms with E-state index in [1.807, 2.05) is 13.8 Å². The number of rotatable bonds is 2. The first-order chi connectivity index (χ1) is 8.52. The first-order valence-electron chi connectivity index (χ1n) is 5.86. The molecule has 1 atom stereocenters. The highest BCUT2D eigenvalue weighted by atomic mass is 19.1. The van der Waals surface area contributed by atoms with Crippen molar-refractivity contribution in [1.29, 1.82) is 0 Å². The Balaban J connectivity index is 2.47. The van der Waals surface area contributed by atoms with E-state index in [0.717, 1.165) is 0 Å². The fraction of sp³-hybridized carbons (Fsp3) is 0.385. The second-order valence-corrected chi connectivity index (χ2v) is 4.62. The number of hydrogen-bond donors (Lipinski definition) is 1. The van der Waals surface area contributed by atoms with E-state index in [4.69, 9.17) is 0 Å². The number of nitrogens with one attached hydrogen (secondary N) is 1. The molecule has 2 amide bonds. The van der Waals surface area contributed by atoms with Crippen LogP contribution in [-0.4, -0.2) is 24.4 Å². The van der Waals surface area contributed by atoms with Gasteiger partial charge < -0.3 is 5.32 Å². The Bertz CT molecular complexity index is 488. The van der Waals surface area contributed by atoms with Gasteiger partial charge in [0.25, 0.3) is 0 Å². The number of hydrogen-bond acceptors (Lipinski definition) is 2. The molecule has 1 unspecified atom stereocenters. The molecule has 1 aromatic rings. The number of anilines is 1. The van der Waals surface area contributed by atoms with Crippen molar-refractivity contribution in [3.8, 4) is 0 Å². The summed E-state index contributed by atoms with van der Waals surface area (Å²) in [5.41, 5.74) is 0.163. The average Bonchev–Trinajstić information content (AvgIpc) is 2.32. The van der Waals surface area contributed by atoms with E-state index in [-0.39, 0.29) is 30.0 Å². The van der Waals surface area contributed by atoms with Crippen molar-refractivity contribution >= 4 is 17.5 Å². The smallest absolute Gasteiger partial charge is 0.247 e. The Morgan fingerprint density at radius 3 is 2.61 bits per heavy atom. The largest absolute Gasteiger partial charge is 0.345 e. The van der Waals surface area contributed by atoms with E-state index in [2.05, 4.69) is 5.32 Å². The van der Waals surface area contributed by atoms with E-state index in [9.17, 15) is 14.0 Å². The van der Waals surface area contributed by atoms with Crippen LogP contribution in [0.3, 0.4) is 0 Å². The van der Waals surface area contributed by atoms with Gasteiger partial charge >= 0.3 is 0 Å². The van der Waals surface area contributed by atoms with Crippen molar-refractivity contribution in [2.45, 2.75) is 19.9 Å². The summed E-state index contributed by atoms with van der Waals surface area (Å²) in [6.45, 7) is 3.57. The normalized spacial score (nSPS) is 20.2. The van der Waals surface area contributed by atoms with Crippen molar-refractivity contribution < 1.29 is 14.0 Å². The minimum Gasteiger partial charge on any atom is -0.345 e. The van der Waals surface area contributed by atoms with Gasteiger partial charge in [0.15, 0.2) is 0 Å². The van der Waals surface area contributed by atoms with Crippen LogP contribution in [0, 0.1) is 11.7 Å². The second kappa shape index (κ2) is 4.76. The predicted octanol–water partition coefficient (Wildman–Crippen LogP) is 1.31. The number of halogens is 1. The highest BCUT2D eigenvalue weighted by Gasteiger charge is 2.38. The number of carbonyl (C=O) groups excluding carboxylic acids is 2. The topological polar surface area (TPSA) is 49.4 Å². The summed E-state index contributed by atoms with van der Waals surface area (Å²) in [7, 11) is 0. The van der Waals surface area contributed by atoms with Gasteiger partial charge in [-0.15, -0.1) is 0 Å². The standard InChI is InChI=1S/C13H15FN2O2/c1-8(2)12-13(18)15-7-11(17)16(12)10-6-4-3-5-9(10)14/h3-6,8,12H,7H2,1-2H3,(H,15,18). The summed E-state index contributed by atoms with van der Waals surface area (Å²) < 4.78 is 13.8. The van der Waals surface area contributed by atoms with Gasteiger partial charge in [0.2, 0.25) is 11.8 Å². The molecule has 1 heterocycles. The van der Waals surface area contributed by atoms with E-state index < -0.39 is 11.9 Å². The molecule has 18 heavy (non-hydrogen) atoms. The zero-order valence-electron chi connectivity index (χ0n) is 10.3. The molecule has 1 saturated heterocycles. The van der Waals surface area contributed by atoms with Gasteiger partial charge in [0, 0.05) is 0 Å². The first kappa shape index (κ1) is 12.5. The minimum atomic E-state index is -0.664. The summed E-state index contributed by atoms with van der Waals surface area (Å²) in [4.78, 5) is 25.1. The van der Waals surface area contributed by atoms with Crippen LogP contribution < -0.4 is 10.2 Å². The lowest BCUT2D eigenvalue weighted by Gasteiger charge is -2.37. The van der Waals surface area contributed by atoms with Gasteiger partial charge in [-0.2, -0.15) is 0 Å². The summed E-state index contributed by atoms with van der Waals surface area (Å²) in [6.07, 6.45) is 0. The maximum atomic E-state index is 13.8. The third kappa shape index (κ3) is 2.08. The van der Waals surface area contributed by atoms with Gasteiger partial charge in [-0.25, -0.2) is 4.39 Å². The van der Waals surface area contributed by atoms with Crippen LogP contribution >= 0.6 is 0 Å². The quantitative estimate of drug-likeness (QED) is 0.860. The van der Waals surface area contributed by atoms with Gasteiger partial charge in [0.1, 0.15) is 11.9 Å². The Morgan fingerprint density at radius 2 is 2.00 bits per heavy atom. The number of nitrogens with zero attached hydrogens (tertiary/aromatic N) is 1. The number of para-hydroxylation sites is 1. The van der Waals surface area contributed by atoms with Crippen LogP contribution in [-0.2, 0) is 9.59 Å². The molecule has 1 aromatic carbocycles. The van der Waals surface area contributed by atoms with Crippen molar-refractivity contribution in [2.24, 2.45) is 5.92 Å².